The maximum atomic E-state index is 12.6. The molecular weight excluding hydrogens is 283 g/mol. The first kappa shape index (κ1) is 15.0. The van der Waals surface area contributed by atoms with Crippen molar-refractivity contribution in [1.29, 1.82) is 5.26 Å². The summed E-state index contributed by atoms with van der Waals surface area (Å²) in [6.45, 7) is 3.73. The number of nitriles is 1. The Bertz CT molecular complexity index is 697. The summed E-state index contributed by atoms with van der Waals surface area (Å²) in [5, 5.41) is 20.6. The van der Waals surface area contributed by atoms with Crippen LogP contribution >= 0.6 is 0 Å². The third-order valence-electron chi connectivity index (χ3n) is 3.04. The highest BCUT2D eigenvalue weighted by atomic mass is 19.4. The van der Waals surface area contributed by atoms with Crippen molar-refractivity contribution in [2.24, 2.45) is 0 Å². The van der Waals surface area contributed by atoms with Crippen LogP contribution in [0.1, 0.15) is 36.4 Å². The predicted molar refractivity (Wildman–Crippen MR) is 67.6 cm³/mol. The summed E-state index contributed by atoms with van der Waals surface area (Å²) in [5.74, 6) is 0.0158. The average Bonchev–Trinajstić information content (AvgIpc) is 2.95. The fourth-order valence-electron chi connectivity index (χ4n) is 2.03. The van der Waals surface area contributed by atoms with Crippen molar-refractivity contribution in [1.82, 2.24) is 20.0 Å². The molecule has 0 N–H and O–H groups in total. The smallest absolute Gasteiger partial charge is 0.219 e. The molecule has 110 valence electrons. The van der Waals surface area contributed by atoms with E-state index in [9.17, 15) is 18.4 Å². The van der Waals surface area contributed by atoms with Crippen LogP contribution in [0.3, 0.4) is 0 Å². The Morgan fingerprint density at radius 1 is 1.24 bits per heavy atom. The summed E-state index contributed by atoms with van der Waals surface area (Å²) in [4.78, 5) is 0. The molecule has 21 heavy (non-hydrogen) atoms. The van der Waals surface area contributed by atoms with Gasteiger partial charge in [0.25, 0.3) is 0 Å². The van der Waals surface area contributed by atoms with Crippen molar-refractivity contribution in [2.45, 2.75) is 32.9 Å². The largest absolute Gasteiger partial charge is 0.435 e. The minimum absolute atomic E-state index is 0.0158. The number of rotatable bonds is 3. The normalized spacial score (nSPS) is 11.4. The van der Waals surface area contributed by atoms with Gasteiger partial charge in [0.05, 0.1) is 5.69 Å². The lowest BCUT2D eigenvalue weighted by atomic mass is 10.0. The van der Waals surface area contributed by atoms with E-state index in [2.05, 4.69) is 15.3 Å². The Hall–Kier alpha value is -2.43. The van der Waals surface area contributed by atoms with E-state index in [0.717, 1.165) is 16.9 Å². The number of hydrogen-bond donors (Lipinski definition) is 0. The first-order valence-corrected chi connectivity index (χ1v) is 6.34. The zero-order valence-electron chi connectivity index (χ0n) is 11.4. The molecule has 2 rings (SSSR count). The van der Waals surface area contributed by atoms with Crippen LogP contribution in [0.25, 0.3) is 5.82 Å². The zero-order chi connectivity index (χ0) is 15.6. The van der Waals surface area contributed by atoms with Crippen LogP contribution in [-0.2, 0) is 19.0 Å². The molecule has 2 aromatic rings. The maximum Gasteiger partial charge on any atom is 0.435 e. The summed E-state index contributed by atoms with van der Waals surface area (Å²) in [6, 6.07) is 2.83. The number of halogens is 3. The number of aryl methyl sites for hydroxylation is 1. The molecule has 2 aromatic heterocycles. The highest BCUT2D eigenvalue weighted by Crippen LogP contribution is 2.28. The maximum absolute atomic E-state index is 12.6. The van der Waals surface area contributed by atoms with E-state index in [4.69, 9.17) is 0 Å². The van der Waals surface area contributed by atoms with Crippen LogP contribution in [0.2, 0.25) is 0 Å². The minimum Gasteiger partial charge on any atom is -0.219 e. The van der Waals surface area contributed by atoms with E-state index in [0.29, 0.717) is 24.1 Å². The highest BCUT2D eigenvalue weighted by Gasteiger charge is 2.34. The van der Waals surface area contributed by atoms with Gasteiger partial charge < -0.3 is 0 Å². The first-order chi connectivity index (χ1) is 9.92. The van der Waals surface area contributed by atoms with Gasteiger partial charge in [-0.1, -0.05) is 13.8 Å². The second kappa shape index (κ2) is 5.52. The third kappa shape index (κ3) is 2.72. The standard InChI is InChI=1S/C13H12F3N5/c1-3-8-9(7-17)12(19-18-10(8)4-2)21-6-5-11(20-21)13(14,15)16/h5-6H,3-4H2,1-2H3. The lowest BCUT2D eigenvalue weighted by molar-refractivity contribution is -0.141. The van der Waals surface area contributed by atoms with Crippen molar-refractivity contribution in [2.75, 3.05) is 0 Å². The molecule has 0 amide bonds. The molecule has 0 spiro atoms. The molecule has 0 bridgehead atoms. The molecule has 0 aromatic carbocycles. The number of aromatic nitrogens is 4. The van der Waals surface area contributed by atoms with Crippen molar-refractivity contribution < 1.29 is 13.2 Å². The summed E-state index contributed by atoms with van der Waals surface area (Å²) >= 11 is 0. The van der Waals surface area contributed by atoms with Crippen molar-refractivity contribution in [3.8, 4) is 11.9 Å². The molecule has 0 atom stereocenters. The van der Waals surface area contributed by atoms with Gasteiger partial charge in [0.15, 0.2) is 11.5 Å². The van der Waals surface area contributed by atoms with Gasteiger partial charge >= 0.3 is 6.18 Å². The molecular formula is C13H12F3N5. The second-order valence-electron chi connectivity index (χ2n) is 4.29. The van der Waals surface area contributed by atoms with Gasteiger partial charge in [0.2, 0.25) is 0 Å². The van der Waals surface area contributed by atoms with Crippen LogP contribution in [0.15, 0.2) is 12.3 Å². The molecule has 0 aliphatic carbocycles. The Morgan fingerprint density at radius 2 is 1.95 bits per heavy atom. The van der Waals surface area contributed by atoms with E-state index in [1.54, 1.807) is 0 Å². The zero-order valence-corrected chi connectivity index (χ0v) is 11.4. The van der Waals surface area contributed by atoms with Crippen LogP contribution < -0.4 is 0 Å². The van der Waals surface area contributed by atoms with Gasteiger partial charge in [-0.3, -0.25) is 0 Å². The lowest BCUT2D eigenvalue weighted by Crippen LogP contribution is -2.12. The molecule has 0 saturated heterocycles. The Kier molecular flexibility index (Phi) is 3.93. The van der Waals surface area contributed by atoms with Gasteiger partial charge in [-0.25, -0.2) is 4.68 Å². The van der Waals surface area contributed by atoms with E-state index >= 15 is 0 Å². The topological polar surface area (TPSA) is 67.4 Å². The molecule has 2 heterocycles. The highest BCUT2D eigenvalue weighted by molar-refractivity contribution is 5.49. The molecule has 8 heteroatoms. The SMILES string of the molecule is CCc1nnc(-n2ccc(C(F)(F)F)n2)c(C#N)c1CC. The monoisotopic (exact) mass is 295 g/mol. The van der Waals surface area contributed by atoms with Gasteiger partial charge in [-0.15, -0.1) is 5.10 Å². The van der Waals surface area contributed by atoms with Gasteiger partial charge in [-0.05, 0) is 24.5 Å². The Morgan fingerprint density at radius 3 is 2.43 bits per heavy atom. The van der Waals surface area contributed by atoms with Gasteiger partial charge in [-0.2, -0.15) is 28.6 Å². The van der Waals surface area contributed by atoms with Crippen molar-refractivity contribution >= 4 is 0 Å². The van der Waals surface area contributed by atoms with E-state index in [1.165, 1.54) is 0 Å². The molecule has 0 saturated carbocycles. The Balaban J connectivity index is 2.60. The molecule has 0 unspecified atom stereocenters. The van der Waals surface area contributed by atoms with E-state index in [-0.39, 0.29) is 11.4 Å². The third-order valence-corrected chi connectivity index (χ3v) is 3.04. The Labute approximate surface area is 119 Å². The fraction of sp³-hybridized carbons (Fsp3) is 0.385. The van der Waals surface area contributed by atoms with E-state index in [1.807, 2.05) is 19.9 Å². The molecule has 0 aliphatic heterocycles. The molecule has 0 radical (unpaired) electrons. The minimum atomic E-state index is -4.54. The second-order valence-corrected chi connectivity index (χ2v) is 4.29. The van der Waals surface area contributed by atoms with Crippen LogP contribution in [0.5, 0.6) is 0 Å². The summed E-state index contributed by atoms with van der Waals surface area (Å²) in [7, 11) is 0. The molecule has 0 fully saturated rings. The lowest BCUT2D eigenvalue weighted by Gasteiger charge is -2.10. The number of nitrogens with zero attached hydrogens (tertiary/aromatic N) is 5. The first-order valence-electron chi connectivity index (χ1n) is 6.34. The predicted octanol–water partition coefficient (Wildman–Crippen LogP) is 2.68. The van der Waals surface area contributed by atoms with Crippen LogP contribution in [0, 0.1) is 11.3 Å². The van der Waals surface area contributed by atoms with Gasteiger partial charge in [0.1, 0.15) is 11.6 Å². The van der Waals surface area contributed by atoms with Crippen molar-refractivity contribution in [3.05, 3.63) is 34.8 Å². The molecule has 5 nitrogen and oxygen atoms in total. The number of hydrogen-bond acceptors (Lipinski definition) is 4. The summed E-state index contributed by atoms with van der Waals surface area (Å²) in [5.41, 5.74) is 0.530. The summed E-state index contributed by atoms with van der Waals surface area (Å²) in [6.07, 6.45) is -2.28. The average molecular weight is 295 g/mol. The molecule has 0 aliphatic rings. The van der Waals surface area contributed by atoms with E-state index < -0.39 is 11.9 Å². The van der Waals surface area contributed by atoms with Crippen LogP contribution in [-0.4, -0.2) is 20.0 Å². The number of alkyl halides is 3. The fourth-order valence-corrected chi connectivity index (χ4v) is 2.03. The quantitative estimate of drug-likeness (QED) is 0.873. The van der Waals surface area contributed by atoms with Gasteiger partial charge in [0, 0.05) is 6.20 Å². The van der Waals surface area contributed by atoms with Crippen LogP contribution in [0.4, 0.5) is 13.2 Å². The summed E-state index contributed by atoms with van der Waals surface area (Å²) < 4.78 is 38.7. The van der Waals surface area contributed by atoms with Crippen molar-refractivity contribution in [3.63, 3.8) is 0 Å².